The molecule has 4 rings (SSSR count). The Morgan fingerprint density at radius 3 is 2.93 bits per heavy atom. The number of nitrogens with zero attached hydrogens (tertiary/aromatic N) is 3. The first-order valence-electron chi connectivity index (χ1n) is 8.66. The molecule has 146 valence electrons. The summed E-state index contributed by atoms with van der Waals surface area (Å²) >= 11 is 0. The molecule has 0 bridgehead atoms. The standard InChI is InChI=1S/C20H17N5O4/c1-27-16-8-12(6-7-15(16)28-10-17(21)26)9-24-25-20-19-18(22-11-23-20)13-4-2-3-5-14(13)29-19/h2-9,11H,10H2,1H3,(H2,21,26)(H,22,23,25)/b24-9-. The molecule has 0 aliphatic rings. The number of para-hydroxylation sites is 1. The lowest BCUT2D eigenvalue weighted by Gasteiger charge is -2.09. The van der Waals surface area contributed by atoms with E-state index in [2.05, 4.69) is 20.5 Å². The second kappa shape index (κ2) is 7.85. The highest BCUT2D eigenvalue weighted by atomic mass is 16.5. The number of amides is 1. The van der Waals surface area contributed by atoms with Gasteiger partial charge in [-0.2, -0.15) is 5.10 Å². The van der Waals surface area contributed by atoms with E-state index in [-0.39, 0.29) is 6.61 Å². The van der Waals surface area contributed by atoms with Gasteiger partial charge in [-0.15, -0.1) is 0 Å². The summed E-state index contributed by atoms with van der Waals surface area (Å²) in [6.07, 6.45) is 3.05. The minimum absolute atomic E-state index is 0.230. The van der Waals surface area contributed by atoms with Crippen LogP contribution < -0.4 is 20.6 Å². The zero-order chi connectivity index (χ0) is 20.2. The van der Waals surface area contributed by atoms with E-state index < -0.39 is 5.91 Å². The van der Waals surface area contributed by atoms with Crippen LogP contribution in [0.1, 0.15) is 5.56 Å². The molecule has 0 radical (unpaired) electrons. The maximum absolute atomic E-state index is 10.9. The van der Waals surface area contributed by atoms with Crippen LogP contribution in [0.3, 0.4) is 0 Å². The van der Waals surface area contributed by atoms with E-state index in [0.717, 1.165) is 16.5 Å². The molecule has 9 heteroatoms. The number of rotatable bonds is 7. The van der Waals surface area contributed by atoms with Gasteiger partial charge in [-0.25, -0.2) is 9.97 Å². The minimum Gasteiger partial charge on any atom is -0.493 e. The number of methoxy groups -OCH3 is 1. The highest BCUT2D eigenvalue weighted by molar-refractivity contribution is 6.05. The Hall–Kier alpha value is -4.14. The first-order chi connectivity index (χ1) is 14.2. The molecule has 0 atom stereocenters. The monoisotopic (exact) mass is 391 g/mol. The van der Waals surface area contributed by atoms with Crippen LogP contribution in [0.15, 0.2) is 58.3 Å². The number of carbonyl (C=O) groups is 1. The molecule has 0 saturated heterocycles. The summed E-state index contributed by atoms with van der Waals surface area (Å²) in [5.74, 6) is 0.757. The number of furan rings is 1. The highest BCUT2D eigenvalue weighted by Crippen LogP contribution is 2.30. The molecule has 4 aromatic rings. The Balaban J connectivity index is 1.55. The first kappa shape index (κ1) is 18.2. The average molecular weight is 391 g/mol. The molecular weight excluding hydrogens is 374 g/mol. The summed E-state index contributed by atoms with van der Waals surface area (Å²) < 4.78 is 16.4. The van der Waals surface area contributed by atoms with Gasteiger partial charge in [-0.1, -0.05) is 12.1 Å². The van der Waals surface area contributed by atoms with Crippen LogP contribution in [-0.2, 0) is 4.79 Å². The van der Waals surface area contributed by atoms with E-state index >= 15 is 0 Å². The normalized spacial score (nSPS) is 11.2. The van der Waals surface area contributed by atoms with Crippen LogP contribution in [0.4, 0.5) is 5.82 Å². The van der Waals surface area contributed by atoms with E-state index in [1.165, 1.54) is 13.4 Å². The topological polar surface area (TPSA) is 125 Å². The Morgan fingerprint density at radius 2 is 2.10 bits per heavy atom. The first-order valence-corrected chi connectivity index (χ1v) is 8.66. The smallest absolute Gasteiger partial charge is 0.255 e. The summed E-state index contributed by atoms with van der Waals surface area (Å²) in [4.78, 5) is 19.4. The second-order valence-corrected chi connectivity index (χ2v) is 6.03. The number of benzene rings is 2. The molecular formula is C20H17N5O4. The second-order valence-electron chi connectivity index (χ2n) is 6.03. The van der Waals surface area contributed by atoms with Gasteiger partial charge in [0.05, 0.1) is 13.3 Å². The van der Waals surface area contributed by atoms with Gasteiger partial charge in [-0.3, -0.25) is 10.2 Å². The number of ether oxygens (including phenoxy) is 2. The number of carbonyl (C=O) groups excluding carboxylic acids is 1. The molecule has 1 amide bonds. The fraction of sp³-hybridized carbons (Fsp3) is 0.100. The largest absolute Gasteiger partial charge is 0.493 e. The molecule has 9 nitrogen and oxygen atoms in total. The predicted octanol–water partition coefficient (Wildman–Crippen LogP) is 2.69. The van der Waals surface area contributed by atoms with Gasteiger partial charge in [0.15, 0.2) is 29.5 Å². The summed E-state index contributed by atoms with van der Waals surface area (Å²) in [5.41, 5.74) is 10.7. The van der Waals surface area contributed by atoms with Gasteiger partial charge in [0, 0.05) is 5.39 Å². The number of hydrazone groups is 1. The van der Waals surface area contributed by atoms with Crippen molar-refractivity contribution < 1.29 is 18.7 Å². The van der Waals surface area contributed by atoms with Gasteiger partial charge < -0.3 is 19.6 Å². The van der Waals surface area contributed by atoms with E-state index in [1.54, 1.807) is 24.4 Å². The van der Waals surface area contributed by atoms with Gasteiger partial charge in [0.2, 0.25) is 0 Å². The third-order valence-corrected chi connectivity index (χ3v) is 4.10. The Labute approximate surface area is 165 Å². The molecule has 0 spiro atoms. The number of hydrogen-bond acceptors (Lipinski definition) is 8. The number of aromatic nitrogens is 2. The Kier molecular flexibility index (Phi) is 4.93. The number of hydrogen-bond donors (Lipinski definition) is 2. The zero-order valence-electron chi connectivity index (χ0n) is 15.5. The van der Waals surface area contributed by atoms with Crippen molar-refractivity contribution in [3.8, 4) is 11.5 Å². The van der Waals surface area contributed by atoms with Crippen molar-refractivity contribution in [3.63, 3.8) is 0 Å². The summed E-state index contributed by atoms with van der Waals surface area (Å²) in [6, 6.07) is 12.8. The molecule has 29 heavy (non-hydrogen) atoms. The van der Waals surface area contributed by atoms with E-state index in [4.69, 9.17) is 19.6 Å². The maximum atomic E-state index is 10.9. The van der Waals surface area contributed by atoms with Crippen molar-refractivity contribution in [2.24, 2.45) is 10.8 Å². The van der Waals surface area contributed by atoms with Crippen LogP contribution in [0.5, 0.6) is 11.5 Å². The fourth-order valence-electron chi connectivity index (χ4n) is 2.80. The molecule has 0 fully saturated rings. The molecule has 3 N–H and O–H groups in total. The molecule has 2 heterocycles. The molecule has 0 unspecified atom stereocenters. The SMILES string of the molecule is COc1cc(/C=N\Nc2ncnc3c2oc2ccccc23)ccc1OCC(N)=O. The van der Waals surface area contributed by atoms with Gasteiger partial charge in [0.25, 0.3) is 5.91 Å². The van der Waals surface area contributed by atoms with Crippen molar-refractivity contribution >= 4 is 40.0 Å². The van der Waals surface area contributed by atoms with Crippen molar-refractivity contribution in [2.75, 3.05) is 19.1 Å². The van der Waals surface area contributed by atoms with E-state index in [1.807, 2.05) is 24.3 Å². The number of anilines is 1. The molecule has 2 aromatic carbocycles. The zero-order valence-corrected chi connectivity index (χ0v) is 15.5. The summed E-state index contributed by atoms with van der Waals surface area (Å²) in [5, 5.41) is 5.13. The van der Waals surface area contributed by atoms with Crippen LogP contribution in [0, 0.1) is 0 Å². The van der Waals surface area contributed by atoms with Gasteiger partial charge >= 0.3 is 0 Å². The third kappa shape index (κ3) is 3.79. The number of nitrogens with two attached hydrogens (primary N) is 1. The number of primary amides is 1. The lowest BCUT2D eigenvalue weighted by molar-refractivity contribution is -0.119. The Morgan fingerprint density at radius 1 is 1.24 bits per heavy atom. The third-order valence-electron chi connectivity index (χ3n) is 4.10. The van der Waals surface area contributed by atoms with E-state index in [0.29, 0.717) is 28.4 Å². The quantitative estimate of drug-likeness (QED) is 0.366. The molecule has 0 aliphatic carbocycles. The minimum atomic E-state index is -0.566. The Bertz CT molecular complexity index is 1220. The summed E-state index contributed by atoms with van der Waals surface area (Å²) in [7, 11) is 1.50. The number of fused-ring (bicyclic) bond motifs is 3. The van der Waals surface area contributed by atoms with Crippen molar-refractivity contribution in [2.45, 2.75) is 0 Å². The van der Waals surface area contributed by atoms with Crippen LogP contribution in [-0.4, -0.2) is 35.8 Å². The molecule has 0 aliphatic heterocycles. The molecule has 2 aromatic heterocycles. The van der Waals surface area contributed by atoms with Gasteiger partial charge in [-0.05, 0) is 35.9 Å². The average Bonchev–Trinajstić information content (AvgIpc) is 3.12. The van der Waals surface area contributed by atoms with Crippen LogP contribution >= 0.6 is 0 Å². The predicted molar refractivity (Wildman–Crippen MR) is 108 cm³/mol. The van der Waals surface area contributed by atoms with Crippen molar-refractivity contribution in [1.82, 2.24) is 9.97 Å². The maximum Gasteiger partial charge on any atom is 0.255 e. The number of nitrogens with one attached hydrogen (secondary N) is 1. The lowest BCUT2D eigenvalue weighted by atomic mass is 10.2. The van der Waals surface area contributed by atoms with Crippen LogP contribution in [0.25, 0.3) is 22.1 Å². The van der Waals surface area contributed by atoms with Crippen molar-refractivity contribution in [1.29, 1.82) is 0 Å². The lowest BCUT2D eigenvalue weighted by Crippen LogP contribution is -2.20. The van der Waals surface area contributed by atoms with Gasteiger partial charge in [0.1, 0.15) is 17.4 Å². The van der Waals surface area contributed by atoms with E-state index in [9.17, 15) is 4.79 Å². The van der Waals surface area contributed by atoms with Crippen LogP contribution in [0.2, 0.25) is 0 Å². The highest BCUT2D eigenvalue weighted by Gasteiger charge is 2.12. The summed E-state index contributed by atoms with van der Waals surface area (Å²) in [6.45, 7) is -0.230. The molecule has 0 saturated carbocycles. The van der Waals surface area contributed by atoms with Crippen molar-refractivity contribution in [3.05, 3.63) is 54.4 Å². The fourth-order valence-corrected chi connectivity index (χ4v) is 2.80.